The van der Waals surface area contributed by atoms with E-state index in [-0.39, 0.29) is 6.61 Å². The average molecular weight is 436 g/mol. The van der Waals surface area contributed by atoms with Gasteiger partial charge in [-0.1, -0.05) is 54.5 Å². The van der Waals surface area contributed by atoms with Crippen molar-refractivity contribution in [3.05, 3.63) is 78.5 Å². The van der Waals surface area contributed by atoms with Crippen LogP contribution in [0, 0.1) is 11.8 Å². The Labute approximate surface area is 189 Å². The van der Waals surface area contributed by atoms with E-state index < -0.39 is 18.4 Å². The molecule has 0 amide bonds. The highest BCUT2D eigenvalue weighted by Crippen LogP contribution is 2.31. The van der Waals surface area contributed by atoms with Gasteiger partial charge in [0.25, 0.3) is 0 Å². The number of fused-ring (bicyclic) bond motifs is 3. The first-order chi connectivity index (χ1) is 16.2. The summed E-state index contributed by atoms with van der Waals surface area (Å²) in [6.07, 6.45) is 1.62. The summed E-state index contributed by atoms with van der Waals surface area (Å²) in [5.41, 5.74) is 2.61. The lowest BCUT2D eigenvalue weighted by Crippen LogP contribution is -2.24. The molecule has 0 saturated carbocycles. The minimum atomic E-state index is -0.738. The van der Waals surface area contributed by atoms with E-state index >= 15 is 0 Å². The minimum absolute atomic E-state index is 0.241. The zero-order chi connectivity index (χ0) is 22.4. The molecule has 162 valence electrons. The number of benzene rings is 3. The lowest BCUT2D eigenvalue weighted by Gasteiger charge is -2.13. The number of aliphatic hydroxyl groups is 2. The molecular weight excluding hydrogens is 416 g/mol. The molecule has 3 heterocycles. The van der Waals surface area contributed by atoms with Crippen molar-refractivity contribution >= 4 is 32.7 Å². The summed E-state index contributed by atoms with van der Waals surface area (Å²) in [5, 5.41) is 23.9. The van der Waals surface area contributed by atoms with Gasteiger partial charge in [0.1, 0.15) is 29.9 Å². The Morgan fingerprint density at radius 2 is 1.70 bits per heavy atom. The normalized spacial score (nSPS) is 20.4. The predicted octanol–water partition coefficient (Wildman–Crippen LogP) is 3.17. The van der Waals surface area contributed by atoms with E-state index in [0.29, 0.717) is 23.3 Å². The number of rotatable bonds is 2. The maximum absolute atomic E-state index is 10.1. The van der Waals surface area contributed by atoms with E-state index in [2.05, 4.69) is 57.1 Å². The molecule has 1 aliphatic rings. The van der Waals surface area contributed by atoms with Crippen molar-refractivity contribution < 1.29 is 14.9 Å². The van der Waals surface area contributed by atoms with Gasteiger partial charge >= 0.3 is 0 Å². The van der Waals surface area contributed by atoms with Crippen molar-refractivity contribution in [2.45, 2.75) is 24.9 Å². The summed E-state index contributed by atoms with van der Waals surface area (Å²) in [6.45, 7) is -0.241. The molecule has 3 atom stereocenters. The van der Waals surface area contributed by atoms with E-state index in [1.807, 2.05) is 24.3 Å². The highest BCUT2D eigenvalue weighted by atomic mass is 16.5. The monoisotopic (exact) mass is 436 g/mol. The van der Waals surface area contributed by atoms with E-state index in [4.69, 9.17) is 4.74 Å². The lowest BCUT2D eigenvalue weighted by molar-refractivity contribution is -0.0432. The zero-order valence-corrected chi connectivity index (χ0v) is 17.6. The molecular formula is C26H20N4O3. The zero-order valence-electron chi connectivity index (χ0n) is 17.6. The molecule has 0 bridgehead atoms. The van der Waals surface area contributed by atoms with Crippen molar-refractivity contribution in [3.63, 3.8) is 0 Å². The van der Waals surface area contributed by atoms with Gasteiger partial charge in [0.2, 0.25) is 0 Å². The third kappa shape index (κ3) is 3.33. The van der Waals surface area contributed by atoms with Crippen molar-refractivity contribution in [2.75, 3.05) is 6.61 Å². The van der Waals surface area contributed by atoms with Crippen LogP contribution < -0.4 is 0 Å². The van der Waals surface area contributed by atoms with Crippen molar-refractivity contribution in [1.29, 1.82) is 0 Å². The number of hydrogen-bond acceptors (Lipinski definition) is 6. The Morgan fingerprint density at radius 3 is 2.39 bits per heavy atom. The largest absolute Gasteiger partial charge is 0.394 e. The fraction of sp³-hybridized carbons (Fsp3) is 0.192. The lowest BCUT2D eigenvalue weighted by atomic mass is 9.97. The molecule has 7 nitrogen and oxygen atoms in total. The van der Waals surface area contributed by atoms with E-state index in [9.17, 15) is 10.2 Å². The number of hydrogen-bond donors (Lipinski definition) is 2. The van der Waals surface area contributed by atoms with Gasteiger partial charge in [-0.25, -0.2) is 15.0 Å². The smallest absolute Gasteiger partial charge is 0.166 e. The Bertz CT molecular complexity index is 1510. The van der Waals surface area contributed by atoms with Crippen molar-refractivity contribution in [2.24, 2.45) is 0 Å². The molecule has 3 aromatic carbocycles. The molecule has 2 N–H and O–H groups in total. The minimum Gasteiger partial charge on any atom is -0.394 e. The van der Waals surface area contributed by atoms with E-state index in [1.54, 1.807) is 10.9 Å². The van der Waals surface area contributed by atoms with Gasteiger partial charge in [0.05, 0.1) is 19.0 Å². The van der Waals surface area contributed by atoms with Crippen LogP contribution in [0.1, 0.15) is 23.9 Å². The van der Waals surface area contributed by atoms with Crippen LogP contribution in [-0.2, 0) is 4.74 Å². The second-order valence-corrected chi connectivity index (χ2v) is 8.10. The summed E-state index contributed by atoms with van der Waals surface area (Å²) in [5.74, 6) is 6.56. The van der Waals surface area contributed by atoms with Crippen LogP contribution >= 0.6 is 0 Å². The first kappa shape index (κ1) is 19.8. The second-order valence-electron chi connectivity index (χ2n) is 8.10. The summed E-state index contributed by atoms with van der Waals surface area (Å²) in [6, 6.07) is 18.6. The molecule has 6 rings (SSSR count). The maximum atomic E-state index is 10.1. The Hall–Kier alpha value is -3.83. The van der Waals surface area contributed by atoms with Crippen LogP contribution in [0.5, 0.6) is 0 Å². The molecule has 1 saturated heterocycles. The van der Waals surface area contributed by atoms with Gasteiger partial charge in [-0.15, -0.1) is 0 Å². The van der Waals surface area contributed by atoms with Crippen molar-refractivity contribution in [3.8, 4) is 11.8 Å². The molecule has 0 aliphatic carbocycles. The number of aliphatic hydroxyl groups excluding tert-OH is 2. The van der Waals surface area contributed by atoms with Gasteiger partial charge in [0.15, 0.2) is 5.65 Å². The van der Waals surface area contributed by atoms with Crippen LogP contribution in [0.2, 0.25) is 0 Å². The highest BCUT2D eigenvalue weighted by Gasteiger charge is 2.35. The van der Waals surface area contributed by atoms with Gasteiger partial charge in [-0.2, -0.15) is 0 Å². The summed E-state index contributed by atoms with van der Waals surface area (Å²) in [4.78, 5) is 13.2. The topological polar surface area (TPSA) is 93.3 Å². The molecule has 7 heteroatoms. The molecule has 5 aromatic rings. The quantitative estimate of drug-likeness (QED) is 0.326. The van der Waals surface area contributed by atoms with E-state index in [1.165, 1.54) is 6.33 Å². The third-order valence-electron chi connectivity index (χ3n) is 6.13. The summed E-state index contributed by atoms with van der Waals surface area (Å²) >= 11 is 0. The first-order valence-corrected chi connectivity index (χ1v) is 10.8. The average Bonchev–Trinajstić information content (AvgIpc) is 3.45. The van der Waals surface area contributed by atoms with Crippen LogP contribution in [0.3, 0.4) is 0 Å². The number of aromatic nitrogens is 4. The Morgan fingerprint density at radius 1 is 0.970 bits per heavy atom. The number of ether oxygens (including phenoxy) is 1. The summed E-state index contributed by atoms with van der Waals surface area (Å²) < 4.78 is 7.53. The number of imidazole rings is 1. The summed E-state index contributed by atoms with van der Waals surface area (Å²) in [7, 11) is 0. The highest BCUT2D eigenvalue weighted by molar-refractivity contribution is 6.04. The fourth-order valence-electron chi connectivity index (χ4n) is 4.47. The van der Waals surface area contributed by atoms with Gasteiger partial charge in [-0.05, 0) is 33.5 Å². The molecule has 33 heavy (non-hydrogen) atoms. The van der Waals surface area contributed by atoms with Crippen molar-refractivity contribution in [1.82, 2.24) is 19.5 Å². The van der Waals surface area contributed by atoms with Gasteiger partial charge < -0.3 is 14.9 Å². The second kappa shape index (κ2) is 7.94. The van der Waals surface area contributed by atoms with Crippen LogP contribution in [0.15, 0.2) is 67.3 Å². The van der Waals surface area contributed by atoms with Crippen LogP contribution in [0.4, 0.5) is 0 Å². The van der Waals surface area contributed by atoms with E-state index in [0.717, 1.165) is 27.1 Å². The Kier molecular flexibility index (Phi) is 4.77. The van der Waals surface area contributed by atoms with Crippen LogP contribution in [0.25, 0.3) is 32.7 Å². The number of nitrogens with zero attached hydrogens (tertiary/aromatic N) is 4. The molecule has 2 aromatic heterocycles. The maximum Gasteiger partial charge on any atom is 0.166 e. The molecule has 1 fully saturated rings. The SMILES string of the molecule is OC[C@H]1O[C@@H](n2cnc3c(C#Cc4c5ccccc5cc5ccccc45)ncnc32)C[C@@H]1O. The first-order valence-electron chi connectivity index (χ1n) is 10.8. The molecule has 0 unspecified atom stereocenters. The molecule has 0 spiro atoms. The third-order valence-corrected chi connectivity index (χ3v) is 6.13. The molecule has 0 radical (unpaired) electrons. The fourth-order valence-corrected chi connectivity index (χ4v) is 4.47. The Balaban J connectivity index is 1.47. The van der Waals surface area contributed by atoms with Gasteiger partial charge in [0, 0.05) is 12.0 Å². The standard InChI is InChI=1S/C26H20N4O3/c31-13-23-22(32)12-24(33-23)30-15-29-25-21(27-14-28-26(25)30)10-9-20-18-7-3-1-5-16(18)11-17-6-2-4-8-19(17)20/h1-8,11,14-15,22-24,31-32H,12-13H2/t22-,23+,24+/m0/s1. The predicted molar refractivity (Wildman–Crippen MR) is 124 cm³/mol. The van der Waals surface area contributed by atoms with Gasteiger partial charge in [-0.3, -0.25) is 4.57 Å². The van der Waals surface area contributed by atoms with Crippen LogP contribution in [-0.4, -0.2) is 48.5 Å². The molecule has 1 aliphatic heterocycles.